The SMILES string of the molecule is CC(CS)CN1C(=O)C(C)Oc2ccccc21. The van der Waals surface area contributed by atoms with Gasteiger partial charge in [-0.3, -0.25) is 4.79 Å². The van der Waals surface area contributed by atoms with Crippen LogP contribution in [0.25, 0.3) is 0 Å². The zero-order chi connectivity index (χ0) is 12.4. The molecule has 1 aromatic carbocycles. The first-order chi connectivity index (χ1) is 8.13. The Labute approximate surface area is 107 Å². The standard InChI is InChI=1S/C13H17NO2S/c1-9(8-17)7-14-11-5-3-4-6-12(11)16-10(2)13(14)15/h3-6,9-10,17H,7-8H2,1-2H3. The Bertz CT molecular complexity index is 422. The summed E-state index contributed by atoms with van der Waals surface area (Å²) >= 11 is 4.27. The van der Waals surface area contributed by atoms with Gasteiger partial charge in [0.25, 0.3) is 5.91 Å². The van der Waals surface area contributed by atoms with Gasteiger partial charge in [-0.2, -0.15) is 12.6 Å². The Kier molecular flexibility index (Phi) is 3.62. The van der Waals surface area contributed by atoms with Gasteiger partial charge in [-0.15, -0.1) is 0 Å². The molecule has 1 heterocycles. The molecule has 2 atom stereocenters. The molecule has 0 saturated carbocycles. The van der Waals surface area contributed by atoms with E-state index in [1.807, 2.05) is 29.2 Å². The number of hydrogen-bond acceptors (Lipinski definition) is 3. The Balaban J connectivity index is 2.32. The Morgan fingerprint density at radius 1 is 1.47 bits per heavy atom. The van der Waals surface area contributed by atoms with Crippen LogP contribution in [-0.2, 0) is 4.79 Å². The van der Waals surface area contributed by atoms with Gasteiger partial charge in [-0.05, 0) is 30.7 Å². The van der Waals surface area contributed by atoms with Gasteiger partial charge in [-0.25, -0.2) is 0 Å². The zero-order valence-electron chi connectivity index (χ0n) is 10.1. The molecule has 0 radical (unpaired) electrons. The highest BCUT2D eigenvalue weighted by molar-refractivity contribution is 7.80. The first kappa shape index (κ1) is 12.3. The molecule has 2 rings (SSSR count). The van der Waals surface area contributed by atoms with Gasteiger partial charge in [0.05, 0.1) is 5.69 Å². The highest BCUT2D eigenvalue weighted by atomic mass is 32.1. The Morgan fingerprint density at radius 3 is 2.88 bits per heavy atom. The van der Waals surface area contributed by atoms with E-state index in [-0.39, 0.29) is 5.91 Å². The van der Waals surface area contributed by atoms with Gasteiger partial charge in [-0.1, -0.05) is 19.1 Å². The van der Waals surface area contributed by atoms with E-state index in [9.17, 15) is 4.79 Å². The quantitative estimate of drug-likeness (QED) is 0.836. The van der Waals surface area contributed by atoms with Crippen LogP contribution in [0.3, 0.4) is 0 Å². The zero-order valence-corrected chi connectivity index (χ0v) is 11.0. The van der Waals surface area contributed by atoms with Crippen molar-refractivity contribution in [3.63, 3.8) is 0 Å². The highest BCUT2D eigenvalue weighted by Gasteiger charge is 2.31. The molecule has 0 aromatic heterocycles. The maximum atomic E-state index is 12.1. The van der Waals surface area contributed by atoms with Crippen LogP contribution in [0.1, 0.15) is 13.8 Å². The first-order valence-electron chi connectivity index (χ1n) is 5.81. The lowest BCUT2D eigenvalue weighted by Gasteiger charge is -2.34. The van der Waals surface area contributed by atoms with Crippen molar-refractivity contribution in [1.82, 2.24) is 0 Å². The number of fused-ring (bicyclic) bond motifs is 1. The van der Waals surface area contributed by atoms with Crippen molar-refractivity contribution in [2.75, 3.05) is 17.2 Å². The van der Waals surface area contributed by atoms with Gasteiger partial charge < -0.3 is 9.64 Å². The molecule has 1 aliphatic heterocycles. The lowest BCUT2D eigenvalue weighted by molar-refractivity contribution is -0.125. The van der Waals surface area contributed by atoms with E-state index < -0.39 is 6.10 Å². The van der Waals surface area contributed by atoms with Crippen molar-refractivity contribution < 1.29 is 9.53 Å². The minimum Gasteiger partial charge on any atom is -0.479 e. The summed E-state index contributed by atoms with van der Waals surface area (Å²) in [6, 6.07) is 7.66. The summed E-state index contributed by atoms with van der Waals surface area (Å²) < 4.78 is 5.58. The van der Waals surface area contributed by atoms with Crippen molar-refractivity contribution in [2.24, 2.45) is 5.92 Å². The maximum absolute atomic E-state index is 12.1. The summed E-state index contributed by atoms with van der Waals surface area (Å²) in [5.74, 6) is 1.94. The summed E-state index contributed by atoms with van der Waals surface area (Å²) in [5.41, 5.74) is 0.865. The third-order valence-electron chi connectivity index (χ3n) is 2.88. The molecule has 0 spiro atoms. The Morgan fingerprint density at radius 2 is 2.18 bits per heavy atom. The average molecular weight is 251 g/mol. The second-order valence-corrected chi connectivity index (χ2v) is 4.83. The molecule has 4 heteroatoms. The number of anilines is 1. The highest BCUT2D eigenvalue weighted by Crippen LogP contribution is 2.34. The fraction of sp³-hybridized carbons (Fsp3) is 0.462. The van der Waals surface area contributed by atoms with Gasteiger partial charge >= 0.3 is 0 Å². The number of amides is 1. The van der Waals surface area contributed by atoms with Crippen molar-refractivity contribution in [1.29, 1.82) is 0 Å². The van der Waals surface area contributed by atoms with Gasteiger partial charge in [0.1, 0.15) is 5.75 Å². The smallest absolute Gasteiger partial charge is 0.267 e. The predicted octanol–water partition coefficient (Wildman–Crippen LogP) is 2.37. The van der Waals surface area contributed by atoms with Crippen LogP contribution in [0, 0.1) is 5.92 Å². The van der Waals surface area contributed by atoms with Gasteiger partial charge in [0.2, 0.25) is 0 Å². The summed E-state index contributed by atoms with van der Waals surface area (Å²) in [5, 5.41) is 0. The van der Waals surface area contributed by atoms with E-state index >= 15 is 0 Å². The van der Waals surface area contributed by atoms with Crippen molar-refractivity contribution in [3.05, 3.63) is 24.3 Å². The molecule has 0 aliphatic carbocycles. The molecular formula is C13H17NO2S. The number of benzene rings is 1. The van der Waals surface area contributed by atoms with E-state index in [4.69, 9.17) is 4.74 Å². The lowest BCUT2D eigenvalue weighted by Crippen LogP contribution is -2.46. The van der Waals surface area contributed by atoms with Gasteiger partial charge in [0, 0.05) is 6.54 Å². The maximum Gasteiger partial charge on any atom is 0.267 e. The number of para-hydroxylation sites is 2. The lowest BCUT2D eigenvalue weighted by atomic mass is 10.1. The van der Waals surface area contributed by atoms with Crippen LogP contribution in [0.4, 0.5) is 5.69 Å². The number of nitrogens with zero attached hydrogens (tertiary/aromatic N) is 1. The fourth-order valence-electron chi connectivity index (χ4n) is 1.92. The predicted molar refractivity (Wildman–Crippen MR) is 71.9 cm³/mol. The summed E-state index contributed by atoms with van der Waals surface area (Å²) in [7, 11) is 0. The average Bonchev–Trinajstić information content (AvgIpc) is 2.34. The van der Waals surface area contributed by atoms with Gasteiger partial charge in [0.15, 0.2) is 6.10 Å². The van der Waals surface area contributed by atoms with Crippen LogP contribution in [-0.4, -0.2) is 24.3 Å². The monoisotopic (exact) mass is 251 g/mol. The molecule has 0 saturated heterocycles. The Hall–Kier alpha value is -1.16. The third kappa shape index (κ3) is 2.41. The van der Waals surface area contributed by atoms with Crippen LogP contribution < -0.4 is 9.64 Å². The molecule has 1 aromatic rings. The summed E-state index contributed by atoms with van der Waals surface area (Å²) in [6.45, 7) is 4.56. The molecule has 92 valence electrons. The second-order valence-electron chi connectivity index (χ2n) is 4.46. The topological polar surface area (TPSA) is 29.5 Å². The molecule has 1 aliphatic rings. The van der Waals surface area contributed by atoms with Crippen molar-refractivity contribution >= 4 is 24.2 Å². The van der Waals surface area contributed by atoms with E-state index in [1.54, 1.807) is 6.92 Å². The second kappa shape index (κ2) is 5.00. The van der Waals surface area contributed by atoms with E-state index in [2.05, 4.69) is 19.6 Å². The molecule has 0 N–H and O–H groups in total. The minimum atomic E-state index is -0.406. The number of carbonyl (C=O) groups excluding carboxylic acids is 1. The fourth-order valence-corrected chi connectivity index (χ4v) is 2.03. The number of hydrogen-bond donors (Lipinski definition) is 1. The molecule has 2 unspecified atom stereocenters. The number of carbonyl (C=O) groups is 1. The third-order valence-corrected chi connectivity index (χ3v) is 3.50. The molecule has 1 amide bonds. The summed E-state index contributed by atoms with van der Waals surface area (Å²) in [6.07, 6.45) is -0.406. The number of rotatable bonds is 3. The summed E-state index contributed by atoms with van der Waals surface area (Å²) in [4.78, 5) is 13.9. The van der Waals surface area contributed by atoms with Crippen LogP contribution in [0.15, 0.2) is 24.3 Å². The van der Waals surface area contributed by atoms with Crippen LogP contribution >= 0.6 is 12.6 Å². The van der Waals surface area contributed by atoms with E-state index in [1.165, 1.54) is 0 Å². The largest absolute Gasteiger partial charge is 0.479 e. The van der Waals surface area contributed by atoms with E-state index in [0.717, 1.165) is 17.2 Å². The molecular weight excluding hydrogens is 234 g/mol. The normalized spacial score (nSPS) is 20.8. The van der Waals surface area contributed by atoms with E-state index in [0.29, 0.717) is 12.5 Å². The number of thiol groups is 1. The van der Waals surface area contributed by atoms with Crippen LogP contribution in [0.2, 0.25) is 0 Å². The minimum absolute atomic E-state index is 0.0253. The molecule has 0 fully saturated rings. The molecule has 0 bridgehead atoms. The van der Waals surface area contributed by atoms with Crippen molar-refractivity contribution in [3.8, 4) is 5.75 Å². The molecule has 3 nitrogen and oxygen atoms in total. The van der Waals surface area contributed by atoms with Crippen LogP contribution in [0.5, 0.6) is 5.75 Å². The molecule has 17 heavy (non-hydrogen) atoms. The number of ether oxygens (including phenoxy) is 1. The first-order valence-corrected chi connectivity index (χ1v) is 6.44. The van der Waals surface area contributed by atoms with Crippen molar-refractivity contribution in [2.45, 2.75) is 20.0 Å².